The molecule has 0 radical (unpaired) electrons. The summed E-state index contributed by atoms with van der Waals surface area (Å²) < 4.78 is 0. The van der Waals surface area contributed by atoms with Gasteiger partial charge in [-0.2, -0.15) is 0 Å². The van der Waals surface area contributed by atoms with Crippen molar-refractivity contribution in [2.75, 3.05) is 18.5 Å². The maximum Gasteiger partial charge on any atom is 0.132 e. The third-order valence-corrected chi connectivity index (χ3v) is 2.74. The Kier molecular flexibility index (Phi) is 1.98. The molecule has 0 bridgehead atoms. The molecule has 2 heterocycles. The van der Waals surface area contributed by atoms with Crippen molar-refractivity contribution in [3.8, 4) is 0 Å². The Balaban J connectivity index is 2.56. The molecular weight excluding hydrogens is 160 g/mol. The highest BCUT2D eigenvalue weighted by Crippen LogP contribution is 2.26. The van der Waals surface area contributed by atoms with Crippen LogP contribution in [-0.2, 0) is 6.42 Å². The largest absolute Gasteiger partial charge is 0.359 e. The van der Waals surface area contributed by atoms with Gasteiger partial charge in [0.25, 0.3) is 0 Å². The summed E-state index contributed by atoms with van der Waals surface area (Å²) in [6.07, 6.45) is 2.45. The minimum atomic E-state index is 1.13. The molecule has 0 N–H and O–H groups in total. The van der Waals surface area contributed by atoms with Crippen LogP contribution < -0.4 is 4.90 Å². The van der Waals surface area contributed by atoms with Gasteiger partial charge in [-0.1, -0.05) is 0 Å². The van der Waals surface area contributed by atoms with Gasteiger partial charge in [0, 0.05) is 19.3 Å². The second-order valence-electron chi connectivity index (χ2n) is 3.91. The zero-order valence-corrected chi connectivity index (χ0v) is 8.59. The molecule has 0 saturated carbocycles. The first-order chi connectivity index (χ1) is 6.18. The predicted molar refractivity (Wildman–Crippen MR) is 55.3 cm³/mol. The first-order valence-corrected chi connectivity index (χ1v) is 4.87. The van der Waals surface area contributed by atoms with Crippen LogP contribution in [0.25, 0.3) is 0 Å². The summed E-state index contributed by atoms with van der Waals surface area (Å²) in [6.45, 7) is 5.39. The Morgan fingerprint density at radius 3 is 2.92 bits per heavy atom. The maximum absolute atomic E-state index is 4.58. The zero-order chi connectivity index (χ0) is 9.42. The molecule has 0 amide bonds. The van der Waals surface area contributed by atoms with Crippen molar-refractivity contribution in [2.24, 2.45) is 0 Å². The van der Waals surface area contributed by atoms with Gasteiger partial charge < -0.3 is 4.90 Å². The van der Waals surface area contributed by atoms with Gasteiger partial charge in [0.2, 0.25) is 0 Å². The van der Waals surface area contributed by atoms with Crippen molar-refractivity contribution < 1.29 is 0 Å². The summed E-state index contributed by atoms with van der Waals surface area (Å²) in [5.74, 6) is 1.20. The molecule has 1 aliphatic heterocycles. The normalized spacial score (nSPS) is 15.8. The van der Waals surface area contributed by atoms with E-state index < -0.39 is 0 Å². The first kappa shape index (κ1) is 8.54. The second kappa shape index (κ2) is 3.02. The van der Waals surface area contributed by atoms with E-state index in [0.717, 1.165) is 12.2 Å². The van der Waals surface area contributed by atoms with Crippen LogP contribution in [0.3, 0.4) is 0 Å². The molecule has 0 unspecified atom stereocenters. The van der Waals surface area contributed by atoms with E-state index in [1.54, 1.807) is 0 Å². The Hall–Kier alpha value is -1.05. The molecule has 1 aromatic heterocycles. The van der Waals surface area contributed by atoms with Crippen LogP contribution in [-0.4, -0.2) is 18.6 Å². The fourth-order valence-electron chi connectivity index (χ4n) is 2.07. The molecule has 2 heteroatoms. The number of anilines is 1. The minimum Gasteiger partial charge on any atom is -0.359 e. The van der Waals surface area contributed by atoms with E-state index in [4.69, 9.17) is 0 Å². The molecule has 0 aromatic carbocycles. The molecule has 0 fully saturated rings. The molecule has 0 saturated heterocycles. The van der Waals surface area contributed by atoms with E-state index in [1.807, 2.05) is 0 Å². The number of fused-ring (bicyclic) bond motifs is 1. The van der Waals surface area contributed by atoms with Gasteiger partial charge in [-0.05, 0) is 43.9 Å². The quantitative estimate of drug-likeness (QED) is 0.601. The van der Waals surface area contributed by atoms with Crippen LogP contribution in [0.2, 0.25) is 0 Å². The average molecular weight is 176 g/mol. The number of rotatable bonds is 0. The third-order valence-electron chi connectivity index (χ3n) is 2.74. The zero-order valence-electron chi connectivity index (χ0n) is 8.59. The van der Waals surface area contributed by atoms with Crippen LogP contribution in [0, 0.1) is 13.8 Å². The number of aromatic nitrogens is 1. The SMILES string of the molecule is Cc1cc(C)c2c(n1)N(C)CCC2. The summed E-state index contributed by atoms with van der Waals surface area (Å²) in [6, 6.07) is 2.18. The second-order valence-corrected chi connectivity index (χ2v) is 3.91. The highest BCUT2D eigenvalue weighted by molar-refractivity contribution is 5.52. The summed E-state index contributed by atoms with van der Waals surface area (Å²) in [5.41, 5.74) is 3.97. The standard InChI is InChI=1S/C11H16N2/c1-8-7-9(2)12-11-10(8)5-4-6-13(11)3/h7H,4-6H2,1-3H3. The highest BCUT2D eigenvalue weighted by Gasteiger charge is 2.16. The predicted octanol–water partition coefficient (Wildman–Crippen LogP) is 2.08. The van der Waals surface area contributed by atoms with Gasteiger partial charge in [-0.3, -0.25) is 0 Å². The highest BCUT2D eigenvalue weighted by atomic mass is 15.2. The molecule has 0 aliphatic carbocycles. The van der Waals surface area contributed by atoms with Gasteiger partial charge in [-0.25, -0.2) is 4.98 Å². The maximum atomic E-state index is 4.58. The van der Waals surface area contributed by atoms with E-state index in [2.05, 4.69) is 36.8 Å². The summed E-state index contributed by atoms with van der Waals surface area (Å²) >= 11 is 0. The van der Waals surface area contributed by atoms with Crippen molar-refractivity contribution in [2.45, 2.75) is 26.7 Å². The van der Waals surface area contributed by atoms with E-state index in [0.29, 0.717) is 0 Å². The lowest BCUT2D eigenvalue weighted by Gasteiger charge is -2.27. The monoisotopic (exact) mass is 176 g/mol. The molecule has 1 aromatic rings. The van der Waals surface area contributed by atoms with Crippen LogP contribution in [0.5, 0.6) is 0 Å². The van der Waals surface area contributed by atoms with Crippen molar-refractivity contribution in [1.82, 2.24) is 4.98 Å². The van der Waals surface area contributed by atoms with Crippen molar-refractivity contribution in [3.05, 3.63) is 22.9 Å². The fourth-order valence-corrected chi connectivity index (χ4v) is 2.07. The van der Waals surface area contributed by atoms with Gasteiger partial charge in [0.05, 0.1) is 0 Å². The number of hydrogen-bond acceptors (Lipinski definition) is 2. The van der Waals surface area contributed by atoms with E-state index in [9.17, 15) is 0 Å². The van der Waals surface area contributed by atoms with Crippen molar-refractivity contribution >= 4 is 5.82 Å². The first-order valence-electron chi connectivity index (χ1n) is 4.87. The molecule has 2 rings (SSSR count). The summed E-state index contributed by atoms with van der Waals surface area (Å²) in [4.78, 5) is 6.84. The number of pyridine rings is 1. The lowest BCUT2D eigenvalue weighted by Crippen LogP contribution is -2.26. The molecule has 13 heavy (non-hydrogen) atoms. The molecule has 70 valence electrons. The Morgan fingerprint density at radius 2 is 2.15 bits per heavy atom. The van der Waals surface area contributed by atoms with Crippen LogP contribution in [0.15, 0.2) is 6.07 Å². The van der Waals surface area contributed by atoms with E-state index in [-0.39, 0.29) is 0 Å². The fraction of sp³-hybridized carbons (Fsp3) is 0.545. The Morgan fingerprint density at radius 1 is 1.38 bits per heavy atom. The van der Waals surface area contributed by atoms with Crippen LogP contribution in [0.1, 0.15) is 23.2 Å². The van der Waals surface area contributed by atoms with Crippen LogP contribution >= 0.6 is 0 Å². The molecule has 0 atom stereocenters. The smallest absolute Gasteiger partial charge is 0.132 e. The lowest BCUT2D eigenvalue weighted by atomic mass is 10.0. The van der Waals surface area contributed by atoms with Crippen molar-refractivity contribution in [1.29, 1.82) is 0 Å². The molecule has 1 aliphatic rings. The van der Waals surface area contributed by atoms with Gasteiger partial charge in [0.1, 0.15) is 5.82 Å². The molecule has 2 nitrogen and oxygen atoms in total. The Labute approximate surface area is 79.6 Å². The van der Waals surface area contributed by atoms with Gasteiger partial charge in [-0.15, -0.1) is 0 Å². The molecule has 0 spiro atoms. The van der Waals surface area contributed by atoms with Gasteiger partial charge in [0.15, 0.2) is 0 Å². The summed E-state index contributed by atoms with van der Waals surface area (Å²) in [5, 5.41) is 0. The Bertz CT molecular complexity index is 331. The number of aryl methyl sites for hydroxylation is 2. The number of hydrogen-bond donors (Lipinski definition) is 0. The van der Waals surface area contributed by atoms with Crippen molar-refractivity contribution in [3.63, 3.8) is 0 Å². The average Bonchev–Trinajstić information content (AvgIpc) is 2.07. The van der Waals surface area contributed by atoms with E-state index in [1.165, 1.54) is 29.8 Å². The third kappa shape index (κ3) is 1.41. The summed E-state index contributed by atoms with van der Waals surface area (Å²) in [7, 11) is 2.13. The molecular formula is C11H16N2. The lowest BCUT2D eigenvalue weighted by molar-refractivity contribution is 0.723. The number of nitrogens with zero attached hydrogens (tertiary/aromatic N) is 2. The van der Waals surface area contributed by atoms with Gasteiger partial charge >= 0.3 is 0 Å². The minimum absolute atomic E-state index is 1.13. The topological polar surface area (TPSA) is 16.1 Å². The van der Waals surface area contributed by atoms with E-state index >= 15 is 0 Å². The van der Waals surface area contributed by atoms with Crippen LogP contribution in [0.4, 0.5) is 5.82 Å².